The van der Waals surface area contributed by atoms with Gasteiger partial charge in [0.15, 0.2) is 0 Å². The monoisotopic (exact) mass is 688 g/mol. The molecule has 0 aliphatic rings. The topological polar surface area (TPSA) is 52.1 Å². The first-order valence-electron chi connectivity index (χ1n) is 18.2. The fraction of sp³-hybridized carbons (Fsp3) is 0. The van der Waals surface area contributed by atoms with E-state index in [0.29, 0.717) is 5.71 Å². The van der Waals surface area contributed by atoms with Crippen molar-refractivity contribution in [2.24, 2.45) is 0 Å². The summed E-state index contributed by atoms with van der Waals surface area (Å²) in [4.78, 5) is 10.9. The molecular weight excluding hydrogens is 661 g/mol. The zero-order valence-electron chi connectivity index (χ0n) is 28.9. The molecule has 0 N–H and O–H groups in total. The SMILES string of the molecule is c1ccc(-c2cccc(-c3nc4oc5ccccc5c4nc3-c3cc4ccccc4c4c5ccccc5c5c(oc6ccc7ccccc7c65)c34)c2)cc1. The molecule has 12 rings (SSSR count). The third-order valence-corrected chi connectivity index (χ3v) is 11.0. The van der Waals surface area contributed by atoms with Gasteiger partial charge in [-0.2, -0.15) is 0 Å². The lowest BCUT2D eigenvalue weighted by molar-refractivity contribution is 0.653. The van der Waals surface area contributed by atoms with E-state index in [1.807, 2.05) is 24.3 Å². The molecule has 0 saturated carbocycles. The lowest BCUT2D eigenvalue weighted by Crippen LogP contribution is -1.97. The number of para-hydroxylation sites is 1. The molecule has 4 heteroatoms. The van der Waals surface area contributed by atoms with Gasteiger partial charge in [-0.25, -0.2) is 9.97 Å². The van der Waals surface area contributed by atoms with Gasteiger partial charge in [0, 0.05) is 38.1 Å². The number of rotatable bonds is 3. The number of hydrogen-bond donors (Lipinski definition) is 0. The fourth-order valence-corrected chi connectivity index (χ4v) is 8.66. The van der Waals surface area contributed by atoms with Crippen LogP contribution in [0.3, 0.4) is 0 Å². The minimum atomic E-state index is 0.510. The van der Waals surface area contributed by atoms with Gasteiger partial charge in [-0.3, -0.25) is 0 Å². The Morgan fingerprint density at radius 1 is 0.352 bits per heavy atom. The van der Waals surface area contributed by atoms with Crippen molar-refractivity contribution < 1.29 is 8.83 Å². The van der Waals surface area contributed by atoms with Crippen LogP contribution in [0.25, 0.3) is 121 Å². The Morgan fingerprint density at radius 3 is 1.83 bits per heavy atom. The van der Waals surface area contributed by atoms with Crippen molar-refractivity contribution in [2.45, 2.75) is 0 Å². The van der Waals surface area contributed by atoms with Gasteiger partial charge in [-0.1, -0.05) is 140 Å². The summed E-state index contributed by atoms with van der Waals surface area (Å²) in [6.07, 6.45) is 0. The summed E-state index contributed by atoms with van der Waals surface area (Å²) in [6.45, 7) is 0. The Bertz CT molecular complexity index is 3500. The number of fused-ring (bicyclic) bond motifs is 15. The molecule has 0 amide bonds. The van der Waals surface area contributed by atoms with Crippen molar-refractivity contribution in [3.8, 4) is 33.6 Å². The molecular formula is C50H28N2O2. The lowest BCUT2D eigenvalue weighted by Gasteiger charge is -2.16. The molecule has 0 unspecified atom stereocenters. The molecule has 12 aromatic rings. The number of aromatic nitrogens is 2. The molecule has 4 nitrogen and oxygen atoms in total. The van der Waals surface area contributed by atoms with Gasteiger partial charge < -0.3 is 8.83 Å². The molecule has 0 fully saturated rings. The van der Waals surface area contributed by atoms with Gasteiger partial charge in [0.1, 0.15) is 28.0 Å². The van der Waals surface area contributed by atoms with E-state index in [1.54, 1.807) is 0 Å². The van der Waals surface area contributed by atoms with E-state index < -0.39 is 0 Å². The van der Waals surface area contributed by atoms with Gasteiger partial charge >= 0.3 is 0 Å². The molecule has 0 saturated heterocycles. The van der Waals surface area contributed by atoms with Crippen molar-refractivity contribution in [1.82, 2.24) is 9.97 Å². The van der Waals surface area contributed by atoms with Crippen LogP contribution in [0, 0.1) is 0 Å². The molecule has 54 heavy (non-hydrogen) atoms. The van der Waals surface area contributed by atoms with Crippen LogP contribution in [-0.2, 0) is 0 Å². The van der Waals surface area contributed by atoms with Crippen LogP contribution in [0.4, 0.5) is 0 Å². The summed E-state index contributed by atoms with van der Waals surface area (Å²) in [5.74, 6) is 0. The number of hydrogen-bond acceptors (Lipinski definition) is 4. The fourth-order valence-electron chi connectivity index (χ4n) is 8.66. The van der Waals surface area contributed by atoms with E-state index >= 15 is 0 Å². The van der Waals surface area contributed by atoms with E-state index in [4.69, 9.17) is 18.8 Å². The van der Waals surface area contributed by atoms with Crippen LogP contribution < -0.4 is 0 Å². The van der Waals surface area contributed by atoms with E-state index in [0.717, 1.165) is 99.0 Å². The average Bonchev–Trinajstić information content (AvgIpc) is 3.82. The molecule has 9 aromatic carbocycles. The first-order chi connectivity index (χ1) is 26.8. The minimum Gasteiger partial charge on any atom is -0.455 e. The maximum absolute atomic E-state index is 7.09. The predicted octanol–water partition coefficient (Wildman–Crippen LogP) is 13.9. The summed E-state index contributed by atoms with van der Waals surface area (Å²) in [5.41, 5.74) is 9.39. The van der Waals surface area contributed by atoms with Crippen molar-refractivity contribution >= 4 is 87.2 Å². The van der Waals surface area contributed by atoms with Crippen LogP contribution in [0.2, 0.25) is 0 Å². The minimum absolute atomic E-state index is 0.510. The Morgan fingerprint density at radius 2 is 1.00 bits per heavy atom. The normalized spacial score (nSPS) is 12.1. The van der Waals surface area contributed by atoms with E-state index in [9.17, 15) is 0 Å². The standard InChI is InChI=1S/C50H28N2O2/c1-2-13-29(14-3-1)31-17-12-18-33(27-31)46-47(51-48-38-23-10-11-24-40(38)54-50(48)52-46)39-28-32-16-5-7-20-35(32)42-36-21-8-9-22-37(36)44-43-34-19-6-4-15-30(34)25-26-41(43)53-49(44)45(39)42/h1-28H. The first kappa shape index (κ1) is 29.3. The third kappa shape index (κ3) is 4.13. The molecule has 0 spiro atoms. The zero-order chi connectivity index (χ0) is 35.3. The molecule has 0 atom stereocenters. The molecule has 0 aliphatic carbocycles. The van der Waals surface area contributed by atoms with Crippen molar-refractivity contribution in [3.63, 3.8) is 0 Å². The highest BCUT2D eigenvalue weighted by Crippen LogP contribution is 2.49. The van der Waals surface area contributed by atoms with Crippen molar-refractivity contribution in [2.75, 3.05) is 0 Å². The van der Waals surface area contributed by atoms with Gasteiger partial charge in [0.2, 0.25) is 5.71 Å². The van der Waals surface area contributed by atoms with Crippen LogP contribution in [0.15, 0.2) is 179 Å². The molecule has 0 aliphatic heterocycles. The van der Waals surface area contributed by atoms with Gasteiger partial charge in [-0.05, 0) is 73.8 Å². The Kier molecular flexibility index (Phi) is 6.02. The van der Waals surface area contributed by atoms with Crippen molar-refractivity contribution in [1.29, 1.82) is 0 Å². The van der Waals surface area contributed by atoms with Crippen LogP contribution in [-0.4, -0.2) is 9.97 Å². The van der Waals surface area contributed by atoms with Gasteiger partial charge in [-0.15, -0.1) is 0 Å². The van der Waals surface area contributed by atoms with E-state index in [1.165, 1.54) is 16.2 Å². The van der Waals surface area contributed by atoms with Gasteiger partial charge in [0.25, 0.3) is 0 Å². The Hall–Kier alpha value is -7.30. The summed E-state index contributed by atoms with van der Waals surface area (Å²) < 4.78 is 13.5. The summed E-state index contributed by atoms with van der Waals surface area (Å²) in [6, 6.07) is 59.6. The lowest BCUT2D eigenvalue weighted by atomic mass is 9.88. The first-order valence-corrected chi connectivity index (χ1v) is 18.2. The van der Waals surface area contributed by atoms with Crippen LogP contribution >= 0.6 is 0 Å². The number of nitrogens with zero attached hydrogens (tertiary/aromatic N) is 2. The quantitative estimate of drug-likeness (QED) is 0.173. The number of benzene rings is 9. The summed E-state index contributed by atoms with van der Waals surface area (Å²) >= 11 is 0. The van der Waals surface area contributed by atoms with E-state index in [-0.39, 0.29) is 0 Å². The Labute approximate surface area is 308 Å². The highest BCUT2D eigenvalue weighted by atomic mass is 16.3. The highest BCUT2D eigenvalue weighted by molar-refractivity contribution is 6.39. The second-order valence-corrected chi connectivity index (χ2v) is 14.0. The average molecular weight is 689 g/mol. The third-order valence-electron chi connectivity index (χ3n) is 11.0. The smallest absolute Gasteiger partial charge is 0.246 e. The maximum atomic E-state index is 7.09. The van der Waals surface area contributed by atoms with Gasteiger partial charge in [0.05, 0.1) is 5.69 Å². The van der Waals surface area contributed by atoms with Crippen LogP contribution in [0.1, 0.15) is 0 Å². The van der Waals surface area contributed by atoms with Crippen LogP contribution in [0.5, 0.6) is 0 Å². The summed E-state index contributed by atoms with van der Waals surface area (Å²) in [5, 5.41) is 12.3. The Balaban J connectivity index is 1.30. The van der Waals surface area contributed by atoms with E-state index in [2.05, 4.69) is 146 Å². The predicted molar refractivity (Wildman–Crippen MR) is 223 cm³/mol. The second-order valence-electron chi connectivity index (χ2n) is 14.0. The molecule has 250 valence electrons. The number of furan rings is 2. The van der Waals surface area contributed by atoms with Crippen molar-refractivity contribution in [3.05, 3.63) is 170 Å². The summed E-state index contributed by atoms with van der Waals surface area (Å²) in [7, 11) is 0. The molecule has 0 bridgehead atoms. The largest absolute Gasteiger partial charge is 0.455 e. The highest BCUT2D eigenvalue weighted by Gasteiger charge is 2.25. The molecule has 0 radical (unpaired) electrons. The molecule has 3 heterocycles. The molecule has 3 aromatic heterocycles. The zero-order valence-corrected chi connectivity index (χ0v) is 28.9. The second kappa shape index (κ2) is 11.1. The maximum Gasteiger partial charge on any atom is 0.246 e.